The van der Waals surface area contributed by atoms with Crippen molar-refractivity contribution < 1.29 is 60.4 Å². The van der Waals surface area contributed by atoms with Crippen LogP contribution in [0.4, 0.5) is 47.3 Å². The highest BCUT2D eigenvalue weighted by Crippen LogP contribution is 2.40. The molecule has 0 spiro atoms. The number of nitrogens with zero attached hydrogens (tertiary/aromatic N) is 2. The van der Waals surface area contributed by atoms with E-state index in [1.165, 1.54) is 18.2 Å². The van der Waals surface area contributed by atoms with Gasteiger partial charge >= 0.3 is 24.5 Å². The van der Waals surface area contributed by atoms with Crippen molar-refractivity contribution in [3.63, 3.8) is 0 Å². The van der Waals surface area contributed by atoms with Gasteiger partial charge in [0.1, 0.15) is 29.3 Å². The van der Waals surface area contributed by atoms with Gasteiger partial charge in [0.15, 0.2) is 0 Å². The fourth-order valence-corrected chi connectivity index (χ4v) is 7.61. The molecule has 0 saturated heterocycles. The molecule has 6 aromatic rings. The number of phenols is 1. The summed E-state index contributed by atoms with van der Waals surface area (Å²) in [6.45, 7) is 11.7. The SMILES string of the molecule is CC(C)(C)OC(=O)N1CCc2cc(O)ccc21.CC(C)(C)OC(=O)N1CCc2cc(OCc3ccc(-c4ccccc4)c(C(F)(F)F)c3)ccc21.OCc1ccc(-c2ccccc2)c(C(F)(F)F)c1. The largest absolute Gasteiger partial charge is 0.508 e. The van der Waals surface area contributed by atoms with E-state index in [1.54, 1.807) is 107 Å². The summed E-state index contributed by atoms with van der Waals surface area (Å²) in [5.74, 6) is 0.764. The Morgan fingerprint density at radius 2 is 0.986 bits per heavy atom. The number of hydrogen-bond acceptors (Lipinski definition) is 7. The van der Waals surface area contributed by atoms with E-state index >= 15 is 0 Å². The first-order valence-electron chi connectivity index (χ1n) is 22.1. The van der Waals surface area contributed by atoms with Crippen molar-refractivity contribution >= 4 is 23.6 Å². The number of benzene rings is 6. The van der Waals surface area contributed by atoms with E-state index in [1.807, 2.05) is 47.6 Å². The second-order valence-electron chi connectivity index (χ2n) is 18.3. The fraction of sp³-hybridized carbons (Fsp3) is 0.296. The number of rotatable bonds is 6. The lowest BCUT2D eigenvalue weighted by atomic mass is 9.97. The number of carbonyl (C=O) groups excluding carboxylic acids is 2. The molecular formula is C54H54F6N2O7. The van der Waals surface area contributed by atoms with Gasteiger partial charge in [-0.15, -0.1) is 0 Å². The Labute approximate surface area is 397 Å². The number of amides is 2. The minimum absolute atomic E-state index is 0.00723. The third-order valence-electron chi connectivity index (χ3n) is 10.7. The molecule has 15 heteroatoms. The zero-order valence-electron chi connectivity index (χ0n) is 39.0. The van der Waals surface area contributed by atoms with Crippen LogP contribution < -0.4 is 14.5 Å². The molecule has 0 fully saturated rings. The first-order valence-corrected chi connectivity index (χ1v) is 22.1. The molecule has 2 heterocycles. The molecule has 8 rings (SSSR count). The normalized spacial score (nSPS) is 13.3. The second kappa shape index (κ2) is 21.1. The smallest absolute Gasteiger partial charge is 0.417 e. The van der Waals surface area contributed by atoms with Gasteiger partial charge in [-0.1, -0.05) is 84.9 Å². The maximum absolute atomic E-state index is 13.7. The van der Waals surface area contributed by atoms with Crippen molar-refractivity contribution in [3.8, 4) is 33.8 Å². The topological polar surface area (TPSA) is 109 Å². The fourth-order valence-electron chi connectivity index (χ4n) is 7.61. The van der Waals surface area contributed by atoms with E-state index in [0.29, 0.717) is 42.0 Å². The predicted octanol–water partition coefficient (Wildman–Crippen LogP) is 13.8. The maximum atomic E-state index is 13.7. The van der Waals surface area contributed by atoms with Crippen molar-refractivity contribution in [2.45, 2.75) is 91.2 Å². The van der Waals surface area contributed by atoms with Gasteiger partial charge in [0.2, 0.25) is 0 Å². The van der Waals surface area contributed by atoms with E-state index in [-0.39, 0.29) is 35.1 Å². The van der Waals surface area contributed by atoms with Crippen LogP contribution in [0.5, 0.6) is 11.5 Å². The third kappa shape index (κ3) is 13.8. The highest BCUT2D eigenvalue weighted by molar-refractivity contribution is 5.91. The molecule has 0 bridgehead atoms. The number of fused-ring (bicyclic) bond motifs is 2. The van der Waals surface area contributed by atoms with Crippen LogP contribution in [0.2, 0.25) is 0 Å². The van der Waals surface area contributed by atoms with Gasteiger partial charge in [0.05, 0.1) is 29.1 Å². The maximum Gasteiger partial charge on any atom is 0.417 e. The van der Waals surface area contributed by atoms with Crippen molar-refractivity contribution in [2.24, 2.45) is 0 Å². The van der Waals surface area contributed by atoms with E-state index in [9.17, 15) is 41.0 Å². The summed E-state index contributed by atoms with van der Waals surface area (Å²) < 4.78 is 96.7. The standard InChI is InChI=1S/C27H26F3NO3.C14H11F3O.C13H17NO3/c1-26(2,3)34-25(32)31-14-13-20-16-21(10-12-24(20)31)33-17-18-9-11-22(19-7-5-4-6-8-19)23(15-18)27(28,29)30;15-14(16,17)13-8-10(9-18)6-7-12(13)11-4-2-1-3-5-11;1-13(2,3)17-12(16)14-7-6-9-8-10(15)4-5-11(9)14/h4-12,15-16H,13-14,17H2,1-3H3;1-8,18H,9H2;4-5,8,15H,6-7H2,1-3H3. The first kappa shape index (κ1) is 51.4. The molecule has 0 radical (unpaired) electrons. The molecule has 364 valence electrons. The molecule has 2 amide bonds. The van der Waals surface area contributed by atoms with E-state index in [2.05, 4.69) is 0 Å². The number of hydrogen-bond donors (Lipinski definition) is 2. The molecule has 9 nitrogen and oxygen atoms in total. The van der Waals surface area contributed by atoms with Crippen LogP contribution in [0.1, 0.15) is 74.9 Å². The minimum Gasteiger partial charge on any atom is -0.508 e. The molecular weight excluding hydrogens is 903 g/mol. The van der Waals surface area contributed by atoms with Crippen LogP contribution in [0.15, 0.2) is 133 Å². The number of carbonyl (C=O) groups is 2. The first-order chi connectivity index (χ1) is 32.4. The van der Waals surface area contributed by atoms with Crippen molar-refractivity contribution in [3.05, 3.63) is 167 Å². The highest BCUT2D eigenvalue weighted by Gasteiger charge is 2.36. The van der Waals surface area contributed by atoms with Crippen LogP contribution in [0.3, 0.4) is 0 Å². The van der Waals surface area contributed by atoms with Crippen LogP contribution in [0.25, 0.3) is 22.3 Å². The van der Waals surface area contributed by atoms with Crippen molar-refractivity contribution in [1.29, 1.82) is 0 Å². The summed E-state index contributed by atoms with van der Waals surface area (Å²) >= 11 is 0. The Morgan fingerprint density at radius 1 is 0.551 bits per heavy atom. The van der Waals surface area contributed by atoms with Crippen LogP contribution in [0, 0.1) is 0 Å². The average molecular weight is 957 g/mol. The lowest BCUT2D eigenvalue weighted by Crippen LogP contribution is -2.35. The molecule has 0 unspecified atom stereocenters. The number of halogens is 6. The van der Waals surface area contributed by atoms with Gasteiger partial charge in [0, 0.05) is 13.1 Å². The monoisotopic (exact) mass is 956 g/mol. The molecule has 2 aliphatic rings. The number of phenolic OH excluding ortho intramolecular Hbond substituents is 1. The van der Waals surface area contributed by atoms with Gasteiger partial charge in [0.25, 0.3) is 0 Å². The van der Waals surface area contributed by atoms with Crippen molar-refractivity contribution in [2.75, 3.05) is 22.9 Å². The molecule has 0 aromatic heterocycles. The molecule has 6 aromatic carbocycles. The second-order valence-corrected chi connectivity index (χ2v) is 18.3. The summed E-state index contributed by atoms with van der Waals surface area (Å²) in [6, 6.07) is 35.4. The third-order valence-corrected chi connectivity index (χ3v) is 10.7. The summed E-state index contributed by atoms with van der Waals surface area (Å²) in [4.78, 5) is 27.6. The zero-order chi connectivity index (χ0) is 50.3. The molecule has 0 atom stereocenters. The number of aliphatic hydroxyl groups is 1. The van der Waals surface area contributed by atoms with Gasteiger partial charge < -0.3 is 24.4 Å². The predicted molar refractivity (Wildman–Crippen MR) is 253 cm³/mol. The number of anilines is 2. The Kier molecular flexibility index (Phi) is 15.7. The molecule has 0 saturated carbocycles. The lowest BCUT2D eigenvalue weighted by molar-refractivity contribution is -0.138. The minimum atomic E-state index is -4.49. The quantitative estimate of drug-likeness (QED) is 0.160. The van der Waals surface area contributed by atoms with Crippen LogP contribution >= 0.6 is 0 Å². The van der Waals surface area contributed by atoms with Crippen LogP contribution in [-0.4, -0.2) is 46.7 Å². The Balaban J connectivity index is 0.000000188. The summed E-state index contributed by atoms with van der Waals surface area (Å²) in [5.41, 5.74) is 2.96. The van der Waals surface area contributed by atoms with Gasteiger partial charge in [-0.05, 0) is 147 Å². The van der Waals surface area contributed by atoms with Gasteiger partial charge in [-0.25, -0.2) is 9.59 Å². The van der Waals surface area contributed by atoms with E-state index in [0.717, 1.165) is 41.1 Å². The van der Waals surface area contributed by atoms with Crippen molar-refractivity contribution in [1.82, 2.24) is 0 Å². The number of aliphatic hydroxyl groups excluding tert-OH is 1. The average Bonchev–Trinajstić information content (AvgIpc) is 3.92. The zero-order valence-corrected chi connectivity index (χ0v) is 39.0. The van der Waals surface area contributed by atoms with Gasteiger partial charge in [-0.3, -0.25) is 9.80 Å². The van der Waals surface area contributed by atoms with Crippen LogP contribution in [-0.2, 0) is 47.9 Å². The highest BCUT2D eigenvalue weighted by atomic mass is 19.4. The Hall–Kier alpha value is -7.00. The molecule has 0 aliphatic carbocycles. The molecule has 69 heavy (non-hydrogen) atoms. The summed E-state index contributed by atoms with van der Waals surface area (Å²) in [7, 11) is 0. The van der Waals surface area contributed by atoms with Gasteiger partial charge in [-0.2, -0.15) is 26.3 Å². The molecule has 2 aliphatic heterocycles. The van der Waals surface area contributed by atoms with E-state index in [4.69, 9.17) is 19.3 Å². The Bertz CT molecular complexity index is 2730. The number of alkyl halides is 6. The van der Waals surface area contributed by atoms with E-state index < -0.39 is 47.4 Å². The molecule has 2 N–H and O–H groups in total. The summed E-state index contributed by atoms with van der Waals surface area (Å²) in [5, 5.41) is 18.3. The number of ether oxygens (including phenoxy) is 3. The summed E-state index contributed by atoms with van der Waals surface area (Å²) in [6.07, 6.45) is -8.25. The lowest BCUT2D eigenvalue weighted by Gasteiger charge is -2.24. The number of aromatic hydroxyl groups is 1. The Morgan fingerprint density at radius 3 is 1.43 bits per heavy atom.